The summed E-state index contributed by atoms with van der Waals surface area (Å²) >= 11 is 0. The fourth-order valence-electron chi connectivity index (χ4n) is 2.63. The molecule has 17 heavy (non-hydrogen) atoms. The van der Waals surface area contributed by atoms with Crippen molar-refractivity contribution in [3.8, 4) is 0 Å². The van der Waals surface area contributed by atoms with Crippen molar-refractivity contribution >= 4 is 16.6 Å². The summed E-state index contributed by atoms with van der Waals surface area (Å²) in [5.41, 5.74) is 3.19. The Bertz CT molecular complexity index is 583. The maximum Gasteiger partial charge on any atom is 0.214 e. The molecule has 0 bridgehead atoms. The molecular formula is C14H15FN2. The lowest BCUT2D eigenvalue weighted by atomic mass is 9.85. The van der Waals surface area contributed by atoms with Gasteiger partial charge in [0.1, 0.15) is 5.65 Å². The van der Waals surface area contributed by atoms with Gasteiger partial charge in [-0.2, -0.15) is 4.39 Å². The highest BCUT2D eigenvalue weighted by Crippen LogP contribution is 2.35. The van der Waals surface area contributed by atoms with Crippen LogP contribution in [0.1, 0.15) is 31.7 Å². The SMILES string of the molecule is CC1CCCC=C1c1c[nH]c2nc(F)ccc12. The average Bonchev–Trinajstić information content (AvgIpc) is 2.72. The number of hydrogen-bond donors (Lipinski definition) is 1. The third kappa shape index (κ3) is 1.75. The zero-order valence-electron chi connectivity index (χ0n) is 9.83. The van der Waals surface area contributed by atoms with Crippen LogP contribution in [0.3, 0.4) is 0 Å². The monoisotopic (exact) mass is 230 g/mol. The average molecular weight is 230 g/mol. The molecule has 0 aliphatic heterocycles. The van der Waals surface area contributed by atoms with Crippen LogP contribution in [0, 0.1) is 11.9 Å². The van der Waals surface area contributed by atoms with Crippen molar-refractivity contribution in [3.05, 3.63) is 35.9 Å². The van der Waals surface area contributed by atoms with E-state index >= 15 is 0 Å². The van der Waals surface area contributed by atoms with Gasteiger partial charge in [0, 0.05) is 17.1 Å². The molecule has 1 aliphatic rings. The summed E-state index contributed by atoms with van der Waals surface area (Å²) in [6, 6.07) is 3.24. The highest BCUT2D eigenvalue weighted by atomic mass is 19.1. The Morgan fingerprint density at radius 1 is 1.41 bits per heavy atom. The van der Waals surface area contributed by atoms with Gasteiger partial charge in [0.05, 0.1) is 0 Å². The van der Waals surface area contributed by atoms with Crippen LogP contribution in [0.15, 0.2) is 24.4 Å². The molecule has 0 saturated heterocycles. The second-order valence-corrected chi connectivity index (χ2v) is 4.72. The molecule has 0 aromatic carbocycles. The number of halogens is 1. The number of rotatable bonds is 1. The van der Waals surface area contributed by atoms with E-state index < -0.39 is 5.95 Å². The molecule has 0 fully saturated rings. The molecule has 3 heteroatoms. The first kappa shape index (κ1) is 10.5. The fraction of sp³-hybridized carbons (Fsp3) is 0.357. The lowest BCUT2D eigenvalue weighted by Gasteiger charge is -2.20. The van der Waals surface area contributed by atoms with Gasteiger partial charge in [-0.05, 0) is 42.9 Å². The van der Waals surface area contributed by atoms with Gasteiger partial charge in [-0.1, -0.05) is 13.0 Å². The molecule has 2 heterocycles. The molecule has 2 nitrogen and oxygen atoms in total. The van der Waals surface area contributed by atoms with E-state index in [2.05, 4.69) is 23.0 Å². The van der Waals surface area contributed by atoms with Crippen LogP contribution in [-0.2, 0) is 0 Å². The van der Waals surface area contributed by atoms with Crippen molar-refractivity contribution in [2.75, 3.05) is 0 Å². The van der Waals surface area contributed by atoms with E-state index in [1.165, 1.54) is 30.0 Å². The molecule has 3 rings (SSSR count). The summed E-state index contributed by atoms with van der Waals surface area (Å²) in [5.74, 6) is 0.143. The summed E-state index contributed by atoms with van der Waals surface area (Å²) < 4.78 is 13.0. The van der Waals surface area contributed by atoms with Crippen molar-refractivity contribution in [3.63, 3.8) is 0 Å². The molecule has 0 radical (unpaired) electrons. The van der Waals surface area contributed by atoms with Crippen molar-refractivity contribution in [2.45, 2.75) is 26.2 Å². The van der Waals surface area contributed by atoms with Gasteiger partial charge in [0.15, 0.2) is 0 Å². The highest BCUT2D eigenvalue weighted by Gasteiger charge is 2.17. The number of aromatic nitrogens is 2. The third-order valence-corrected chi connectivity index (χ3v) is 3.55. The predicted octanol–water partition coefficient (Wildman–Crippen LogP) is 3.91. The fourth-order valence-corrected chi connectivity index (χ4v) is 2.63. The normalized spacial score (nSPS) is 20.6. The quantitative estimate of drug-likeness (QED) is 0.739. The van der Waals surface area contributed by atoms with Crippen LogP contribution in [-0.4, -0.2) is 9.97 Å². The van der Waals surface area contributed by atoms with Crippen molar-refractivity contribution in [1.29, 1.82) is 0 Å². The van der Waals surface area contributed by atoms with E-state index in [4.69, 9.17) is 0 Å². The number of allylic oxidation sites excluding steroid dienone is 2. The van der Waals surface area contributed by atoms with Crippen LogP contribution in [0.2, 0.25) is 0 Å². The topological polar surface area (TPSA) is 28.7 Å². The molecule has 2 aromatic rings. The van der Waals surface area contributed by atoms with Crippen molar-refractivity contribution < 1.29 is 4.39 Å². The number of nitrogens with one attached hydrogen (secondary N) is 1. The largest absolute Gasteiger partial charge is 0.345 e. The summed E-state index contributed by atoms with van der Waals surface area (Å²) in [4.78, 5) is 6.92. The van der Waals surface area contributed by atoms with Crippen molar-refractivity contribution in [2.24, 2.45) is 5.92 Å². The minimum Gasteiger partial charge on any atom is -0.345 e. The van der Waals surface area contributed by atoms with E-state index in [-0.39, 0.29) is 0 Å². The van der Waals surface area contributed by atoms with Crippen LogP contribution in [0.25, 0.3) is 16.6 Å². The van der Waals surface area contributed by atoms with Gasteiger partial charge in [0.2, 0.25) is 5.95 Å². The van der Waals surface area contributed by atoms with Gasteiger partial charge >= 0.3 is 0 Å². The number of hydrogen-bond acceptors (Lipinski definition) is 1. The molecule has 1 aliphatic carbocycles. The smallest absolute Gasteiger partial charge is 0.214 e. The summed E-state index contributed by atoms with van der Waals surface area (Å²) in [7, 11) is 0. The van der Waals surface area contributed by atoms with E-state index in [0.29, 0.717) is 11.6 Å². The number of nitrogens with zero attached hydrogens (tertiary/aromatic N) is 1. The molecule has 2 aromatic heterocycles. The summed E-state index contributed by atoms with van der Waals surface area (Å²) in [5, 5.41) is 1.02. The summed E-state index contributed by atoms with van der Waals surface area (Å²) in [6.45, 7) is 2.25. The lowest BCUT2D eigenvalue weighted by Crippen LogP contribution is -2.03. The number of pyridine rings is 1. The van der Waals surface area contributed by atoms with Crippen LogP contribution >= 0.6 is 0 Å². The molecule has 0 spiro atoms. The number of H-pyrrole nitrogens is 1. The van der Waals surface area contributed by atoms with Gasteiger partial charge in [0.25, 0.3) is 0 Å². The Morgan fingerprint density at radius 3 is 3.12 bits per heavy atom. The summed E-state index contributed by atoms with van der Waals surface area (Å²) in [6.07, 6.45) is 7.89. The van der Waals surface area contributed by atoms with Gasteiger partial charge in [-0.25, -0.2) is 4.98 Å². The first-order valence-corrected chi connectivity index (χ1v) is 6.10. The molecular weight excluding hydrogens is 215 g/mol. The Morgan fingerprint density at radius 2 is 2.29 bits per heavy atom. The first-order valence-electron chi connectivity index (χ1n) is 6.10. The highest BCUT2D eigenvalue weighted by molar-refractivity contribution is 5.91. The van der Waals surface area contributed by atoms with Crippen LogP contribution in [0.4, 0.5) is 4.39 Å². The second kappa shape index (κ2) is 3.99. The zero-order valence-corrected chi connectivity index (χ0v) is 9.83. The number of aromatic amines is 1. The van der Waals surface area contributed by atoms with Gasteiger partial charge in [-0.3, -0.25) is 0 Å². The van der Waals surface area contributed by atoms with Crippen LogP contribution < -0.4 is 0 Å². The molecule has 1 unspecified atom stereocenters. The third-order valence-electron chi connectivity index (χ3n) is 3.55. The van der Waals surface area contributed by atoms with Gasteiger partial charge in [-0.15, -0.1) is 0 Å². The maximum atomic E-state index is 13.0. The van der Waals surface area contributed by atoms with E-state index in [9.17, 15) is 4.39 Å². The molecule has 1 N–H and O–H groups in total. The standard InChI is InChI=1S/C14H15FN2/c1-9-4-2-3-5-10(9)12-8-16-14-11(12)6-7-13(15)17-14/h5-9H,2-4H2,1H3,(H,16,17). The Labute approximate surface area is 99.6 Å². The number of fused-ring (bicyclic) bond motifs is 1. The van der Waals surface area contributed by atoms with E-state index in [1.54, 1.807) is 0 Å². The lowest BCUT2D eigenvalue weighted by molar-refractivity contribution is 0.588. The minimum absolute atomic E-state index is 0.434. The predicted molar refractivity (Wildman–Crippen MR) is 67.0 cm³/mol. The van der Waals surface area contributed by atoms with Gasteiger partial charge < -0.3 is 4.98 Å². The maximum absolute atomic E-state index is 13.0. The second-order valence-electron chi connectivity index (χ2n) is 4.72. The van der Waals surface area contributed by atoms with E-state index in [1.807, 2.05) is 12.3 Å². The molecule has 0 amide bonds. The Hall–Kier alpha value is -1.64. The minimum atomic E-state index is -0.434. The Balaban J connectivity index is 2.14. The molecule has 1 atom stereocenters. The molecule has 88 valence electrons. The van der Waals surface area contributed by atoms with Crippen molar-refractivity contribution in [1.82, 2.24) is 9.97 Å². The Kier molecular flexibility index (Phi) is 2.46. The first-order chi connectivity index (χ1) is 8.25. The zero-order chi connectivity index (χ0) is 11.8. The van der Waals surface area contributed by atoms with E-state index in [0.717, 1.165) is 11.8 Å². The van der Waals surface area contributed by atoms with Crippen LogP contribution in [0.5, 0.6) is 0 Å². The molecule has 0 saturated carbocycles.